The summed E-state index contributed by atoms with van der Waals surface area (Å²) in [6, 6.07) is 4.10. The van der Waals surface area contributed by atoms with Gasteiger partial charge in [0, 0.05) is 54.1 Å². The lowest BCUT2D eigenvalue weighted by Crippen LogP contribution is -2.23. The molecule has 9 heterocycles. The Balaban J connectivity index is 1.24. The molecular formula is C66H14F28N6. The normalized spacial score (nSPS) is 14.1. The number of fused-ring (bicyclic) bond motifs is 10. The van der Waals surface area contributed by atoms with Crippen molar-refractivity contribution in [1.82, 2.24) is 18.8 Å². The molecule has 0 radical (unpaired) electrons. The maximum Gasteiger partial charge on any atom is 0.200 e. The number of allylic oxidation sites excluding steroid dienone is 2. The van der Waals surface area contributed by atoms with Crippen molar-refractivity contribution in [3.63, 3.8) is 0 Å². The zero-order valence-electron chi connectivity index (χ0n) is 47.3. The van der Waals surface area contributed by atoms with Crippen LogP contribution >= 0.6 is 0 Å². The number of hydrogen-bond donors (Lipinski definition) is 2. The average Bonchev–Trinajstić information content (AvgIpc) is 1.54. The largest absolute Gasteiger partial charge is 0.354 e. The molecule has 6 nitrogen and oxygen atoms in total. The first-order valence-corrected chi connectivity index (χ1v) is 27.5. The summed E-state index contributed by atoms with van der Waals surface area (Å²) in [5.41, 5.74) is -26.9. The Hall–Kier alpha value is -11.7. The van der Waals surface area contributed by atoms with Gasteiger partial charge in [0.25, 0.3) is 0 Å². The molecule has 0 spiro atoms. The fraction of sp³-hybridized carbons (Fsp3) is 0. The number of H-pyrrole nitrogens is 2. The van der Waals surface area contributed by atoms with Gasteiger partial charge in [0.05, 0.1) is 89.3 Å². The Labute approximate surface area is 529 Å². The molecule has 3 aliphatic heterocycles. The van der Waals surface area contributed by atoms with Crippen molar-refractivity contribution in [2.24, 2.45) is 9.98 Å². The summed E-state index contributed by atoms with van der Waals surface area (Å²) in [6.45, 7) is 0. The van der Waals surface area contributed by atoms with Crippen molar-refractivity contribution in [3.8, 4) is 0 Å². The molecular weight excluding hydrogens is 1410 g/mol. The van der Waals surface area contributed by atoms with E-state index in [1.807, 2.05) is 0 Å². The van der Waals surface area contributed by atoms with Gasteiger partial charge in [0.2, 0.25) is 23.3 Å². The number of aromatic nitrogens is 4. The van der Waals surface area contributed by atoms with Crippen LogP contribution in [0.5, 0.6) is 0 Å². The van der Waals surface area contributed by atoms with Crippen LogP contribution in [0.1, 0.15) is 33.6 Å². The van der Waals surface area contributed by atoms with Gasteiger partial charge >= 0.3 is 0 Å². The minimum atomic E-state index is -2.89. The number of aromatic amines is 2. The van der Waals surface area contributed by atoms with Crippen LogP contribution in [-0.4, -0.2) is 30.2 Å². The molecule has 2 N–H and O–H groups in total. The van der Waals surface area contributed by atoms with Gasteiger partial charge in [-0.2, -0.15) is 0 Å². The Morgan fingerprint density at radius 2 is 0.460 bits per heavy atom. The zero-order valence-corrected chi connectivity index (χ0v) is 47.3. The molecule has 6 aromatic heterocycles. The van der Waals surface area contributed by atoms with Gasteiger partial charge in [0.15, 0.2) is 140 Å². The lowest BCUT2D eigenvalue weighted by molar-refractivity contribution is 0.376. The maximum absolute atomic E-state index is 16.9. The van der Waals surface area contributed by atoms with Crippen LogP contribution < -0.4 is 31.8 Å². The van der Waals surface area contributed by atoms with E-state index in [0.29, 0.717) is 72.8 Å². The highest BCUT2D eigenvalue weighted by molar-refractivity contribution is 6.33. The SMILES string of the molecule is Fc1c(F)c(F)c(C2=c3ccc([nH]3)=C(c3c(F)c(F)c(F)c(F)c3F)c3ccc4c(c5c(F)c(F)c(F)c(F)c5n34)=C3C=CC(=N3)C(c3c(F)c(F)c(F)c(F)c3F)=c3ccc([nH]3)=C(c3c(F)c(F)c(F)c(F)c3F)c3ccc4c(c5c(F)c(F)c(F)c(F)c5n34)=C3C=CC2=N3)c(F)c1F. The van der Waals surface area contributed by atoms with Gasteiger partial charge in [-0.25, -0.2) is 133 Å². The second kappa shape index (κ2) is 21.9. The fourth-order valence-electron chi connectivity index (χ4n) is 12.6. The second-order valence-electron chi connectivity index (χ2n) is 21.9. The molecule has 0 unspecified atom stereocenters. The van der Waals surface area contributed by atoms with Crippen LogP contribution in [0.3, 0.4) is 0 Å². The van der Waals surface area contributed by atoms with E-state index in [1.165, 1.54) is 0 Å². The third kappa shape index (κ3) is 8.34. The summed E-state index contributed by atoms with van der Waals surface area (Å²) in [5, 5.41) is -10.2. The molecule has 34 heteroatoms. The van der Waals surface area contributed by atoms with Crippen LogP contribution in [-0.2, 0) is 0 Å². The van der Waals surface area contributed by atoms with Crippen LogP contribution in [0.15, 0.2) is 82.8 Å². The van der Waals surface area contributed by atoms with Crippen LogP contribution in [0.25, 0.3) is 66.5 Å². The molecule has 0 amide bonds. The highest BCUT2D eigenvalue weighted by Gasteiger charge is 2.39. The smallest absolute Gasteiger partial charge is 0.200 e. The molecule has 0 atom stereocenters. The second-order valence-corrected chi connectivity index (χ2v) is 21.9. The first kappa shape index (κ1) is 64.3. The minimum absolute atomic E-state index is 0.156. The van der Waals surface area contributed by atoms with Gasteiger partial charge < -0.3 is 18.8 Å². The Kier molecular flexibility index (Phi) is 14.1. The third-order valence-corrected chi connectivity index (χ3v) is 16.8. The van der Waals surface area contributed by atoms with Crippen molar-refractivity contribution >= 4 is 77.9 Å². The van der Waals surface area contributed by atoms with E-state index in [4.69, 9.17) is 0 Å². The van der Waals surface area contributed by atoms with Crippen molar-refractivity contribution in [1.29, 1.82) is 0 Å². The van der Waals surface area contributed by atoms with Crippen molar-refractivity contribution < 1.29 is 123 Å². The summed E-state index contributed by atoms with van der Waals surface area (Å²) >= 11 is 0. The van der Waals surface area contributed by atoms with E-state index >= 15 is 105 Å². The van der Waals surface area contributed by atoms with E-state index in [0.717, 1.165) is 0 Å². The molecule has 16 bridgehead atoms. The van der Waals surface area contributed by atoms with Crippen molar-refractivity contribution in [3.05, 3.63) is 301 Å². The summed E-state index contributed by atoms with van der Waals surface area (Å²) in [4.78, 5) is 12.5. The van der Waals surface area contributed by atoms with E-state index in [1.54, 1.807) is 0 Å². The van der Waals surface area contributed by atoms with E-state index in [9.17, 15) is 17.6 Å². The topological polar surface area (TPSA) is 65.1 Å². The molecule has 0 aliphatic carbocycles. The van der Waals surface area contributed by atoms with Gasteiger partial charge in [-0.1, -0.05) is 0 Å². The molecule has 12 aromatic rings. The first-order chi connectivity index (χ1) is 47.3. The number of halogens is 28. The maximum atomic E-state index is 16.9. The van der Waals surface area contributed by atoms with Crippen LogP contribution in [0, 0.1) is 163 Å². The lowest BCUT2D eigenvalue weighted by Gasteiger charge is -2.13. The first-order valence-electron chi connectivity index (χ1n) is 27.5. The zero-order chi connectivity index (χ0) is 71.6. The standard InChI is InChI=1S/C66H14F28N6/c67-37-31(38(68)48(78)57(87)47(37)77)25-13-1-5-17(95-13)27(33-41(71)51(81)59(89)52(82)42(33)72)21-9-11-23-30(36-46(76)56(86)61(91)63(93)65(36)99(21)23)20-8-4-16(98-20)26(32-39(69)49(79)58(88)50(80)40(32)70)14-2-6-18(96-14)28(34-43(73)53(83)60(90)54(84)44(34)74)22-10-12-24-29(19-7-3-15(25)97-19)35-45(75)55(85)62(92)64(94)66(35)100(22)24/h1-12,95-96H. The fourth-order valence-corrected chi connectivity index (χ4v) is 12.6. The molecule has 3 aliphatic rings. The molecule has 6 aromatic carbocycles. The predicted molar refractivity (Wildman–Crippen MR) is 293 cm³/mol. The number of nitrogens with one attached hydrogen (secondary N) is 2. The number of nitrogens with zero attached hydrogens (tertiary/aromatic N) is 4. The summed E-state index contributed by atoms with van der Waals surface area (Å²) in [7, 11) is 0. The highest BCUT2D eigenvalue weighted by atomic mass is 19.2. The Bertz CT molecular complexity index is 5990. The molecule has 100 heavy (non-hydrogen) atoms. The van der Waals surface area contributed by atoms with E-state index in [2.05, 4.69) is 20.0 Å². The molecule has 15 rings (SSSR count). The number of aliphatic imine (C=N–C) groups is 2. The third-order valence-electron chi connectivity index (χ3n) is 16.8. The van der Waals surface area contributed by atoms with Crippen molar-refractivity contribution in [2.45, 2.75) is 0 Å². The summed E-state index contributed by atoms with van der Waals surface area (Å²) in [5.74, 6) is -77.2. The van der Waals surface area contributed by atoms with Gasteiger partial charge in [-0.15, -0.1) is 0 Å². The Morgan fingerprint density at radius 1 is 0.230 bits per heavy atom. The van der Waals surface area contributed by atoms with Gasteiger partial charge in [-0.3, -0.25) is 0 Å². The van der Waals surface area contributed by atoms with E-state index in [-0.39, 0.29) is 8.80 Å². The Morgan fingerprint density at radius 3 is 0.740 bits per heavy atom. The van der Waals surface area contributed by atoms with Crippen LogP contribution in [0.2, 0.25) is 0 Å². The number of hydrogen-bond acceptors (Lipinski definition) is 2. The quantitative estimate of drug-likeness (QED) is 0.100. The molecule has 0 fully saturated rings. The molecule has 0 saturated heterocycles. The monoisotopic (exact) mass is 1420 g/mol. The summed E-state index contributed by atoms with van der Waals surface area (Å²) < 4.78 is 448. The lowest BCUT2D eigenvalue weighted by atomic mass is 9.98. The number of rotatable bonds is 4. The molecule has 0 saturated carbocycles. The van der Waals surface area contributed by atoms with E-state index < -0.39 is 306 Å². The predicted octanol–water partition coefficient (Wildman–Crippen LogP) is 13.3. The average molecular weight is 1420 g/mol. The minimum Gasteiger partial charge on any atom is -0.354 e. The van der Waals surface area contributed by atoms with Gasteiger partial charge in [-0.05, 0) is 72.8 Å². The highest BCUT2D eigenvalue weighted by Crippen LogP contribution is 2.41. The van der Waals surface area contributed by atoms with Crippen LogP contribution in [0.4, 0.5) is 123 Å². The number of benzene rings is 6. The summed E-state index contributed by atoms with van der Waals surface area (Å²) in [6.07, 6.45) is 2.16. The van der Waals surface area contributed by atoms with Gasteiger partial charge in [0.1, 0.15) is 0 Å². The molecule has 504 valence electrons. The van der Waals surface area contributed by atoms with Crippen molar-refractivity contribution in [2.75, 3.05) is 0 Å².